The number of aryl methyl sites for hydroxylation is 2. The second kappa shape index (κ2) is 4.45. The molecule has 0 spiro atoms. The fraction of sp³-hybridized carbons (Fsp3) is 0.417. The quantitative estimate of drug-likeness (QED) is 0.757. The highest BCUT2D eigenvalue weighted by Gasteiger charge is 2.14. The van der Waals surface area contributed by atoms with E-state index in [1.807, 2.05) is 19.9 Å². The minimum atomic E-state index is -0.575. The molecule has 0 bridgehead atoms. The van der Waals surface area contributed by atoms with Crippen LogP contribution in [0.3, 0.4) is 0 Å². The van der Waals surface area contributed by atoms with Gasteiger partial charge in [-0.3, -0.25) is 0 Å². The van der Waals surface area contributed by atoms with Crippen molar-refractivity contribution in [1.29, 1.82) is 0 Å². The van der Waals surface area contributed by atoms with Gasteiger partial charge in [-0.25, -0.2) is 4.79 Å². The molecule has 0 saturated heterocycles. The Morgan fingerprint density at radius 2 is 1.93 bits per heavy atom. The third-order valence-electron chi connectivity index (χ3n) is 2.47. The van der Waals surface area contributed by atoms with Crippen molar-refractivity contribution in [3.63, 3.8) is 0 Å². The van der Waals surface area contributed by atoms with Gasteiger partial charge in [0, 0.05) is 0 Å². The maximum absolute atomic E-state index is 11.4. The molecule has 0 saturated carbocycles. The minimum Gasteiger partial charge on any atom is -0.465 e. The number of benzene rings is 1. The maximum atomic E-state index is 11.4. The van der Waals surface area contributed by atoms with Gasteiger partial charge in [-0.05, 0) is 43.5 Å². The summed E-state index contributed by atoms with van der Waals surface area (Å²) in [5.41, 5.74) is 3.12. The summed E-state index contributed by atoms with van der Waals surface area (Å²) in [7, 11) is 1.35. The molecule has 0 fully saturated rings. The maximum Gasteiger partial charge on any atom is 0.338 e. The number of methoxy groups -OCH3 is 1. The van der Waals surface area contributed by atoms with Crippen LogP contribution in [0.1, 0.15) is 40.1 Å². The van der Waals surface area contributed by atoms with Gasteiger partial charge in [-0.1, -0.05) is 6.07 Å². The Hall–Kier alpha value is -1.35. The van der Waals surface area contributed by atoms with Crippen LogP contribution in [0.2, 0.25) is 0 Å². The van der Waals surface area contributed by atoms with E-state index in [1.54, 1.807) is 13.0 Å². The van der Waals surface area contributed by atoms with Crippen molar-refractivity contribution in [2.75, 3.05) is 7.11 Å². The standard InChI is InChI=1S/C12H16O3/c1-7-5-8(2)11(12(14)15-4)6-10(7)9(3)13/h5-6,9,13H,1-4H3. The van der Waals surface area contributed by atoms with Gasteiger partial charge >= 0.3 is 5.97 Å². The molecule has 1 N–H and O–H groups in total. The van der Waals surface area contributed by atoms with E-state index in [0.29, 0.717) is 5.56 Å². The summed E-state index contributed by atoms with van der Waals surface area (Å²) >= 11 is 0. The number of hydrogen-bond acceptors (Lipinski definition) is 3. The number of esters is 1. The fourth-order valence-corrected chi connectivity index (χ4v) is 1.65. The van der Waals surface area contributed by atoms with Crippen molar-refractivity contribution in [1.82, 2.24) is 0 Å². The Balaban J connectivity index is 3.29. The normalized spacial score (nSPS) is 12.3. The third-order valence-corrected chi connectivity index (χ3v) is 2.47. The van der Waals surface area contributed by atoms with Gasteiger partial charge < -0.3 is 9.84 Å². The first-order valence-electron chi connectivity index (χ1n) is 4.85. The molecule has 82 valence electrons. The Morgan fingerprint density at radius 3 is 2.40 bits per heavy atom. The molecule has 3 heteroatoms. The molecule has 1 aromatic carbocycles. The van der Waals surface area contributed by atoms with Crippen molar-refractivity contribution < 1.29 is 14.6 Å². The van der Waals surface area contributed by atoms with Gasteiger partial charge in [0.05, 0.1) is 18.8 Å². The molecule has 0 heterocycles. The van der Waals surface area contributed by atoms with E-state index in [4.69, 9.17) is 0 Å². The lowest BCUT2D eigenvalue weighted by atomic mass is 9.97. The van der Waals surface area contributed by atoms with E-state index in [1.165, 1.54) is 7.11 Å². The molecule has 1 aromatic rings. The molecule has 1 unspecified atom stereocenters. The van der Waals surface area contributed by atoms with Crippen LogP contribution in [0.15, 0.2) is 12.1 Å². The Labute approximate surface area is 89.7 Å². The van der Waals surface area contributed by atoms with Gasteiger partial charge in [0.1, 0.15) is 0 Å². The first-order chi connectivity index (χ1) is 6.97. The Kier molecular flexibility index (Phi) is 3.48. The molecule has 0 aliphatic heterocycles. The molecule has 1 rings (SSSR count). The molecular weight excluding hydrogens is 192 g/mol. The highest BCUT2D eigenvalue weighted by atomic mass is 16.5. The van der Waals surface area contributed by atoms with Crippen LogP contribution in [0, 0.1) is 13.8 Å². The zero-order valence-electron chi connectivity index (χ0n) is 9.50. The summed E-state index contributed by atoms with van der Waals surface area (Å²) in [4.78, 5) is 11.4. The average Bonchev–Trinajstić information content (AvgIpc) is 2.16. The predicted molar refractivity (Wildman–Crippen MR) is 57.9 cm³/mol. The topological polar surface area (TPSA) is 46.5 Å². The summed E-state index contributed by atoms with van der Waals surface area (Å²) in [6.07, 6.45) is -0.575. The number of ether oxygens (including phenoxy) is 1. The second-order valence-electron chi connectivity index (χ2n) is 3.69. The number of aliphatic hydroxyl groups is 1. The van der Waals surface area contributed by atoms with Crippen LogP contribution in [-0.4, -0.2) is 18.2 Å². The van der Waals surface area contributed by atoms with Crippen LogP contribution < -0.4 is 0 Å². The molecule has 1 atom stereocenters. The summed E-state index contributed by atoms with van der Waals surface area (Å²) in [6.45, 7) is 5.44. The molecular formula is C12H16O3. The zero-order valence-corrected chi connectivity index (χ0v) is 9.50. The van der Waals surface area contributed by atoms with Gasteiger partial charge in [-0.2, -0.15) is 0 Å². The van der Waals surface area contributed by atoms with Crippen molar-refractivity contribution >= 4 is 5.97 Å². The van der Waals surface area contributed by atoms with Gasteiger partial charge in [0.25, 0.3) is 0 Å². The van der Waals surface area contributed by atoms with Crippen molar-refractivity contribution in [2.24, 2.45) is 0 Å². The van der Waals surface area contributed by atoms with Crippen LogP contribution in [0.4, 0.5) is 0 Å². The third kappa shape index (κ3) is 2.36. The summed E-state index contributed by atoms with van der Waals surface area (Å²) in [5, 5.41) is 9.52. The van der Waals surface area contributed by atoms with E-state index in [2.05, 4.69) is 4.74 Å². The summed E-state index contributed by atoms with van der Waals surface area (Å²) in [5.74, 6) is -0.366. The number of carbonyl (C=O) groups excluding carboxylic acids is 1. The molecule has 0 aliphatic carbocycles. The highest BCUT2D eigenvalue weighted by Crippen LogP contribution is 2.22. The zero-order chi connectivity index (χ0) is 11.6. The van der Waals surface area contributed by atoms with Crippen LogP contribution in [0.25, 0.3) is 0 Å². The van der Waals surface area contributed by atoms with Gasteiger partial charge in [-0.15, -0.1) is 0 Å². The number of aliphatic hydroxyl groups excluding tert-OH is 1. The first kappa shape index (κ1) is 11.7. The predicted octanol–water partition coefficient (Wildman–Crippen LogP) is 2.14. The van der Waals surface area contributed by atoms with Crippen LogP contribution >= 0.6 is 0 Å². The van der Waals surface area contributed by atoms with Gasteiger partial charge in [0.15, 0.2) is 0 Å². The monoisotopic (exact) mass is 208 g/mol. The number of rotatable bonds is 2. The molecule has 0 aliphatic rings. The van der Waals surface area contributed by atoms with Crippen molar-refractivity contribution in [2.45, 2.75) is 26.9 Å². The number of hydrogen-bond donors (Lipinski definition) is 1. The van der Waals surface area contributed by atoms with E-state index in [-0.39, 0.29) is 5.97 Å². The van der Waals surface area contributed by atoms with E-state index in [0.717, 1.165) is 16.7 Å². The van der Waals surface area contributed by atoms with Gasteiger partial charge in [0.2, 0.25) is 0 Å². The summed E-state index contributed by atoms with van der Waals surface area (Å²) < 4.78 is 4.67. The van der Waals surface area contributed by atoms with E-state index < -0.39 is 6.10 Å². The lowest BCUT2D eigenvalue weighted by molar-refractivity contribution is 0.0599. The second-order valence-corrected chi connectivity index (χ2v) is 3.69. The molecule has 0 radical (unpaired) electrons. The summed E-state index contributed by atoms with van der Waals surface area (Å²) in [6, 6.07) is 3.58. The SMILES string of the molecule is COC(=O)c1cc(C(C)O)c(C)cc1C. The molecule has 3 nitrogen and oxygen atoms in total. The van der Waals surface area contributed by atoms with E-state index in [9.17, 15) is 9.90 Å². The lowest BCUT2D eigenvalue weighted by Gasteiger charge is -2.12. The van der Waals surface area contributed by atoms with E-state index >= 15 is 0 Å². The van der Waals surface area contributed by atoms with Crippen molar-refractivity contribution in [3.05, 3.63) is 34.4 Å². The average molecular weight is 208 g/mol. The molecule has 15 heavy (non-hydrogen) atoms. The Morgan fingerprint density at radius 1 is 1.33 bits per heavy atom. The molecule has 0 amide bonds. The Bertz CT molecular complexity index is 381. The largest absolute Gasteiger partial charge is 0.465 e. The minimum absolute atomic E-state index is 0.366. The van der Waals surface area contributed by atoms with Crippen molar-refractivity contribution in [3.8, 4) is 0 Å². The first-order valence-corrected chi connectivity index (χ1v) is 4.85. The molecule has 0 aromatic heterocycles. The lowest BCUT2D eigenvalue weighted by Crippen LogP contribution is -2.07. The smallest absolute Gasteiger partial charge is 0.338 e. The van der Waals surface area contributed by atoms with Crippen LogP contribution in [-0.2, 0) is 4.74 Å². The highest BCUT2D eigenvalue weighted by molar-refractivity contribution is 5.91. The fourth-order valence-electron chi connectivity index (χ4n) is 1.65. The van der Waals surface area contributed by atoms with Crippen LogP contribution in [0.5, 0.6) is 0 Å². The number of carbonyl (C=O) groups is 1.